The summed E-state index contributed by atoms with van der Waals surface area (Å²) in [5, 5.41) is 8.86. The van der Waals surface area contributed by atoms with Crippen LogP contribution in [0.1, 0.15) is 18.3 Å². The minimum atomic E-state index is -0.822. The first kappa shape index (κ1) is 10.1. The standard InChI is InChI=1S/C8H12N2O2S/c1-4-5(2)10-8(9-4)13-6(3)7(11)12/h6H,1-3H3,(H,9,10)(H,11,12). The number of nitrogens with one attached hydrogen (secondary N) is 1. The zero-order valence-electron chi connectivity index (χ0n) is 7.79. The molecular weight excluding hydrogens is 188 g/mol. The van der Waals surface area contributed by atoms with Crippen LogP contribution in [0.15, 0.2) is 5.16 Å². The van der Waals surface area contributed by atoms with Gasteiger partial charge in [0.1, 0.15) is 5.25 Å². The van der Waals surface area contributed by atoms with Gasteiger partial charge in [-0.15, -0.1) is 0 Å². The van der Waals surface area contributed by atoms with Crippen molar-refractivity contribution in [3.8, 4) is 0 Å². The maximum Gasteiger partial charge on any atom is 0.316 e. The summed E-state index contributed by atoms with van der Waals surface area (Å²) < 4.78 is 0. The molecule has 0 aliphatic rings. The molecule has 0 amide bonds. The van der Waals surface area contributed by atoms with Crippen molar-refractivity contribution in [2.45, 2.75) is 31.2 Å². The lowest BCUT2D eigenvalue weighted by Crippen LogP contribution is -2.11. The molecule has 0 aliphatic heterocycles. The number of nitrogens with zero attached hydrogens (tertiary/aromatic N) is 1. The van der Waals surface area contributed by atoms with Crippen LogP contribution in [0.3, 0.4) is 0 Å². The SMILES string of the molecule is Cc1nc(SC(C)C(=O)O)[nH]c1C. The Labute approximate surface area is 80.8 Å². The topological polar surface area (TPSA) is 66.0 Å². The molecule has 0 bridgehead atoms. The number of aliphatic carboxylic acids is 1. The maximum atomic E-state index is 10.5. The van der Waals surface area contributed by atoms with Gasteiger partial charge >= 0.3 is 5.97 Å². The van der Waals surface area contributed by atoms with Crippen molar-refractivity contribution in [1.29, 1.82) is 0 Å². The van der Waals surface area contributed by atoms with Crippen LogP contribution >= 0.6 is 11.8 Å². The van der Waals surface area contributed by atoms with Crippen LogP contribution in [0.2, 0.25) is 0 Å². The molecule has 0 aromatic carbocycles. The molecule has 4 nitrogen and oxygen atoms in total. The molecule has 0 aliphatic carbocycles. The smallest absolute Gasteiger partial charge is 0.316 e. The lowest BCUT2D eigenvalue weighted by atomic mass is 10.4. The van der Waals surface area contributed by atoms with E-state index < -0.39 is 11.2 Å². The summed E-state index contributed by atoms with van der Waals surface area (Å²) in [5.41, 5.74) is 1.90. The highest BCUT2D eigenvalue weighted by Crippen LogP contribution is 2.21. The third-order valence-corrected chi connectivity index (χ3v) is 2.71. The van der Waals surface area contributed by atoms with E-state index in [0.29, 0.717) is 5.16 Å². The number of H-pyrrole nitrogens is 1. The fourth-order valence-electron chi connectivity index (χ4n) is 0.789. The fraction of sp³-hybridized carbons (Fsp3) is 0.500. The van der Waals surface area contributed by atoms with Gasteiger partial charge in [0.05, 0.1) is 5.69 Å². The van der Waals surface area contributed by atoms with Gasteiger partial charge in [0.15, 0.2) is 5.16 Å². The molecule has 0 fully saturated rings. The van der Waals surface area contributed by atoms with Crippen molar-refractivity contribution in [3.63, 3.8) is 0 Å². The first-order chi connectivity index (χ1) is 6.00. The quantitative estimate of drug-likeness (QED) is 0.727. The first-order valence-corrected chi connectivity index (χ1v) is 4.81. The summed E-state index contributed by atoms with van der Waals surface area (Å²) in [6.45, 7) is 5.44. The van der Waals surface area contributed by atoms with Crippen LogP contribution in [0, 0.1) is 13.8 Å². The molecule has 0 saturated heterocycles. The van der Waals surface area contributed by atoms with Crippen LogP contribution in [0.4, 0.5) is 0 Å². The minimum Gasteiger partial charge on any atom is -0.480 e. The number of aromatic nitrogens is 2. The molecular formula is C8H12N2O2S. The summed E-state index contributed by atoms with van der Waals surface area (Å²) >= 11 is 1.22. The molecule has 1 aromatic rings. The number of imidazole rings is 1. The zero-order valence-corrected chi connectivity index (χ0v) is 8.60. The van der Waals surface area contributed by atoms with Gasteiger partial charge in [-0.1, -0.05) is 11.8 Å². The molecule has 1 aromatic heterocycles. The van der Waals surface area contributed by atoms with Crippen molar-refractivity contribution in [3.05, 3.63) is 11.4 Å². The number of aromatic amines is 1. The second-order valence-electron chi connectivity index (χ2n) is 2.85. The van der Waals surface area contributed by atoms with Crippen molar-refractivity contribution >= 4 is 17.7 Å². The number of hydrogen-bond donors (Lipinski definition) is 2. The lowest BCUT2D eigenvalue weighted by Gasteiger charge is -2.01. The second-order valence-corrected chi connectivity index (χ2v) is 4.18. The van der Waals surface area contributed by atoms with Crippen LogP contribution in [0.25, 0.3) is 0 Å². The molecule has 1 rings (SSSR count). The molecule has 0 radical (unpaired) electrons. The summed E-state index contributed by atoms with van der Waals surface area (Å²) in [6.07, 6.45) is 0. The monoisotopic (exact) mass is 200 g/mol. The van der Waals surface area contributed by atoms with E-state index >= 15 is 0 Å². The molecule has 72 valence electrons. The van der Waals surface area contributed by atoms with Gasteiger partial charge in [-0.05, 0) is 20.8 Å². The van der Waals surface area contributed by atoms with Gasteiger partial charge in [-0.2, -0.15) is 0 Å². The third-order valence-electron chi connectivity index (χ3n) is 1.74. The number of thioether (sulfide) groups is 1. The van der Waals surface area contributed by atoms with Gasteiger partial charge in [0.2, 0.25) is 0 Å². The number of rotatable bonds is 3. The summed E-state index contributed by atoms with van der Waals surface area (Å²) in [6, 6.07) is 0. The Morgan fingerprint density at radius 2 is 2.23 bits per heavy atom. The van der Waals surface area contributed by atoms with Gasteiger partial charge in [-0.25, -0.2) is 4.98 Å². The predicted octanol–water partition coefficient (Wildman–Crippen LogP) is 1.59. The van der Waals surface area contributed by atoms with Crippen LogP contribution in [-0.4, -0.2) is 26.3 Å². The number of carboxylic acid groups (broad SMARTS) is 1. The van der Waals surface area contributed by atoms with E-state index in [1.54, 1.807) is 6.92 Å². The fourth-order valence-corrected chi connectivity index (χ4v) is 1.63. The Kier molecular flexibility index (Phi) is 2.98. The van der Waals surface area contributed by atoms with Gasteiger partial charge < -0.3 is 10.1 Å². The molecule has 5 heteroatoms. The number of aryl methyl sites for hydroxylation is 2. The molecule has 1 atom stereocenters. The zero-order chi connectivity index (χ0) is 10.0. The molecule has 13 heavy (non-hydrogen) atoms. The van der Waals surface area contributed by atoms with E-state index in [1.165, 1.54) is 11.8 Å². The van der Waals surface area contributed by atoms with Crippen LogP contribution < -0.4 is 0 Å². The number of carbonyl (C=O) groups is 1. The Morgan fingerprint density at radius 3 is 2.62 bits per heavy atom. The van der Waals surface area contributed by atoms with Crippen LogP contribution in [0.5, 0.6) is 0 Å². The average molecular weight is 200 g/mol. The predicted molar refractivity (Wildman–Crippen MR) is 51.0 cm³/mol. The minimum absolute atomic E-state index is 0.468. The molecule has 1 heterocycles. The highest BCUT2D eigenvalue weighted by Gasteiger charge is 2.14. The average Bonchev–Trinajstić information content (AvgIpc) is 2.31. The molecule has 1 unspecified atom stereocenters. The van der Waals surface area contributed by atoms with Gasteiger partial charge in [-0.3, -0.25) is 4.79 Å². The Morgan fingerprint density at radius 1 is 1.62 bits per heavy atom. The van der Waals surface area contributed by atoms with Crippen molar-refractivity contribution in [1.82, 2.24) is 9.97 Å². The summed E-state index contributed by atoms with van der Waals surface area (Å²) in [5.74, 6) is -0.822. The number of carboxylic acids is 1. The normalized spacial score (nSPS) is 12.8. The largest absolute Gasteiger partial charge is 0.480 e. The molecule has 2 N–H and O–H groups in total. The Balaban J connectivity index is 2.69. The Hall–Kier alpha value is -0.970. The first-order valence-electron chi connectivity index (χ1n) is 3.93. The van der Waals surface area contributed by atoms with E-state index in [0.717, 1.165) is 11.4 Å². The van der Waals surface area contributed by atoms with Gasteiger partial charge in [0, 0.05) is 5.69 Å². The van der Waals surface area contributed by atoms with E-state index in [4.69, 9.17) is 5.11 Å². The second kappa shape index (κ2) is 3.83. The van der Waals surface area contributed by atoms with Crippen LogP contribution in [-0.2, 0) is 4.79 Å². The maximum absolute atomic E-state index is 10.5. The van der Waals surface area contributed by atoms with E-state index in [9.17, 15) is 4.79 Å². The highest BCUT2D eigenvalue weighted by atomic mass is 32.2. The van der Waals surface area contributed by atoms with E-state index in [-0.39, 0.29) is 0 Å². The third kappa shape index (κ3) is 2.48. The van der Waals surface area contributed by atoms with Crippen molar-refractivity contribution in [2.75, 3.05) is 0 Å². The highest BCUT2D eigenvalue weighted by molar-refractivity contribution is 8.00. The molecule has 0 spiro atoms. The lowest BCUT2D eigenvalue weighted by molar-refractivity contribution is -0.136. The van der Waals surface area contributed by atoms with E-state index in [1.807, 2.05) is 13.8 Å². The summed E-state index contributed by atoms with van der Waals surface area (Å²) in [4.78, 5) is 17.7. The van der Waals surface area contributed by atoms with Gasteiger partial charge in [0.25, 0.3) is 0 Å². The summed E-state index contributed by atoms with van der Waals surface area (Å²) in [7, 11) is 0. The Bertz CT molecular complexity index is 302. The van der Waals surface area contributed by atoms with E-state index in [2.05, 4.69) is 9.97 Å². The van der Waals surface area contributed by atoms with Crippen molar-refractivity contribution in [2.24, 2.45) is 0 Å². The number of hydrogen-bond acceptors (Lipinski definition) is 3. The molecule has 0 saturated carbocycles. The van der Waals surface area contributed by atoms with Crippen molar-refractivity contribution < 1.29 is 9.90 Å².